The van der Waals surface area contributed by atoms with Gasteiger partial charge in [0, 0.05) is 23.8 Å². The van der Waals surface area contributed by atoms with Gasteiger partial charge in [0.25, 0.3) is 0 Å². The van der Waals surface area contributed by atoms with E-state index >= 15 is 0 Å². The van der Waals surface area contributed by atoms with Gasteiger partial charge in [-0.2, -0.15) is 5.10 Å². The van der Waals surface area contributed by atoms with Crippen molar-refractivity contribution in [2.45, 2.75) is 39.8 Å². The SMILES string of the molecule is Cc1cc(C)cc(C(C)NC(C)c2cn[nH]c2)c1. The van der Waals surface area contributed by atoms with E-state index in [2.05, 4.69) is 61.4 Å². The van der Waals surface area contributed by atoms with Crippen LogP contribution in [-0.4, -0.2) is 10.2 Å². The van der Waals surface area contributed by atoms with Crippen molar-refractivity contribution in [3.63, 3.8) is 0 Å². The van der Waals surface area contributed by atoms with Gasteiger partial charge >= 0.3 is 0 Å². The van der Waals surface area contributed by atoms with Crippen LogP contribution in [-0.2, 0) is 0 Å². The molecule has 1 aromatic carbocycles. The molecule has 2 N–H and O–H groups in total. The molecule has 2 aromatic rings. The Labute approximate surface area is 109 Å². The first kappa shape index (κ1) is 12.8. The van der Waals surface area contributed by atoms with Crippen molar-refractivity contribution in [3.8, 4) is 0 Å². The van der Waals surface area contributed by atoms with E-state index in [1.807, 2.05) is 12.4 Å². The summed E-state index contributed by atoms with van der Waals surface area (Å²) in [6, 6.07) is 7.31. The number of aromatic nitrogens is 2. The van der Waals surface area contributed by atoms with Crippen LogP contribution in [0.3, 0.4) is 0 Å². The number of benzene rings is 1. The van der Waals surface area contributed by atoms with E-state index < -0.39 is 0 Å². The summed E-state index contributed by atoms with van der Waals surface area (Å²) >= 11 is 0. The lowest BCUT2D eigenvalue weighted by atomic mass is 10.0. The molecule has 0 aliphatic heterocycles. The lowest BCUT2D eigenvalue weighted by Gasteiger charge is -2.20. The topological polar surface area (TPSA) is 40.7 Å². The molecule has 2 atom stereocenters. The van der Waals surface area contributed by atoms with Crippen LogP contribution < -0.4 is 5.32 Å². The molecular formula is C15H21N3. The molecule has 3 heteroatoms. The number of hydrogen-bond acceptors (Lipinski definition) is 2. The van der Waals surface area contributed by atoms with Gasteiger partial charge < -0.3 is 5.32 Å². The zero-order valence-corrected chi connectivity index (χ0v) is 11.5. The molecule has 0 saturated carbocycles. The van der Waals surface area contributed by atoms with Gasteiger partial charge in [-0.05, 0) is 33.3 Å². The van der Waals surface area contributed by atoms with Gasteiger partial charge in [0.1, 0.15) is 0 Å². The van der Waals surface area contributed by atoms with Crippen LogP contribution in [0.1, 0.15) is 48.2 Å². The van der Waals surface area contributed by atoms with E-state index in [0.29, 0.717) is 12.1 Å². The largest absolute Gasteiger partial charge is 0.304 e. The zero-order valence-electron chi connectivity index (χ0n) is 11.5. The molecule has 0 amide bonds. The Morgan fingerprint density at radius 2 is 1.61 bits per heavy atom. The first-order chi connectivity index (χ1) is 8.56. The van der Waals surface area contributed by atoms with Crippen LogP contribution in [0.25, 0.3) is 0 Å². The molecule has 0 aliphatic rings. The molecule has 2 rings (SSSR count). The third-order valence-corrected chi connectivity index (χ3v) is 3.26. The van der Waals surface area contributed by atoms with Gasteiger partial charge in [-0.1, -0.05) is 29.3 Å². The number of nitrogens with one attached hydrogen (secondary N) is 2. The summed E-state index contributed by atoms with van der Waals surface area (Å²) in [6.07, 6.45) is 3.80. The van der Waals surface area contributed by atoms with Gasteiger partial charge in [0.05, 0.1) is 6.20 Å². The number of aryl methyl sites for hydroxylation is 2. The summed E-state index contributed by atoms with van der Waals surface area (Å²) in [6.45, 7) is 8.64. The van der Waals surface area contributed by atoms with Crippen molar-refractivity contribution in [3.05, 3.63) is 52.8 Å². The van der Waals surface area contributed by atoms with Crippen molar-refractivity contribution in [2.24, 2.45) is 0 Å². The summed E-state index contributed by atoms with van der Waals surface area (Å²) < 4.78 is 0. The van der Waals surface area contributed by atoms with Gasteiger partial charge in [-0.25, -0.2) is 0 Å². The third kappa shape index (κ3) is 2.99. The van der Waals surface area contributed by atoms with E-state index in [1.165, 1.54) is 22.3 Å². The van der Waals surface area contributed by atoms with Crippen molar-refractivity contribution in [1.29, 1.82) is 0 Å². The van der Waals surface area contributed by atoms with Gasteiger partial charge in [0.15, 0.2) is 0 Å². The molecule has 0 aliphatic carbocycles. The summed E-state index contributed by atoms with van der Waals surface area (Å²) in [7, 11) is 0. The number of rotatable bonds is 4. The van der Waals surface area contributed by atoms with E-state index in [4.69, 9.17) is 0 Å². The molecule has 2 unspecified atom stereocenters. The fourth-order valence-corrected chi connectivity index (χ4v) is 2.33. The summed E-state index contributed by atoms with van der Waals surface area (Å²) in [4.78, 5) is 0. The highest BCUT2D eigenvalue weighted by atomic mass is 15.1. The second-order valence-electron chi connectivity index (χ2n) is 5.06. The fraction of sp³-hybridized carbons (Fsp3) is 0.400. The Morgan fingerprint density at radius 3 is 2.17 bits per heavy atom. The van der Waals surface area contributed by atoms with E-state index in [9.17, 15) is 0 Å². The summed E-state index contributed by atoms with van der Waals surface area (Å²) in [5.74, 6) is 0. The smallest absolute Gasteiger partial charge is 0.0534 e. The molecule has 3 nitrogen and oxygen atoms in total. The second-order valence-corrected chi connectivity index (χ2v) is 5.06. The molecule has 0 radical (unpaired) electrons. The van der Waals surface area contributed by atoms with Crippen LogP contribution in [0.15, 0.2) is 30.6 Å². The molecule has 1 aromatic heterocycles. The highest BCUT2D eigenvalue weighted by molar-refractivity contribution is 5.30. The Kier molecular flexibility index (Phi) is 3.82. The first-order valence-electron chi connectivity index (χ1n) is 6.39. The predicted molar refractivity (Wildman–Crippen MR) is 74.5 cm³/mol. The number of H-pyrrole nitrogens is 1. The van der Waals surface area contributed by atoms with Crippen molar-refractivity contribution in [1.82, 2.24) is 15.5 Å². The number of nitrogens with zero attached hydrogens (tertiary/aromatic N) is 1. The van der Waals surface area contributed by atoms with Crippen molar-refractivity contribution in [2.75, 3.05) is 0 Å². The predicted octanol–water partition coefficient (Wildman–Crippen LogP) is 3.44. The van der Waals surface area contributed by atoms with Crippen molar-refractivity contribution >= 4 is 0 Å². The lowest BCUT2D eigenvalue weighted by molar-refractivity contribution is 0.494. The molecule has 18 heavy (non-hydrogen) atoms. The third-order valence-electron chi connectivity index (χ3n) is 3.26. The van der Waals surface area contributed by atoms with Crippen LogP contribution in [0.4, 0.5) is 0 Å². The Balaban J connectivity index is 2.09. The lowest BCUT2D eigenvalue weighted by Crippen LogP contribution is -2.22. The average molecular weight is 243 g/mol. The van der Waals surface area contributed by atoms with Gasteiger partial charge in [-0.15, -0.1) is 0 Å². The monoisotopic (exact) mass is 243 g/mol. The molecule has 0 fully saturated rings. The molecule has 0 spiro atoms. The minimum Gasteiger partial charge on any atom is -0.304 e. The Bertz CT molecular complexity index is 482. The first-order valence-corrected chi connectivity index (χ1v) is 6.39. The van der Waals surface area contributed by atoms with Crippen LogP contribution in [0.5, 0.6) is 0 Å². The van der Waals surface area contributed by atoms with Crippen LogP contribution >= 0.6 is 0 Å². The Morgan fingerprint density at radius 1 is 1.00 bits per heavy atom. The molecule has 0 bridgehead atoms. The maximum Gasteiger partial charge on any atom is 0.0534 e. The van der Waals surface area contributed by atoms with Gasteiger partial charge in [0.2, 0.25) is 0 Å². The normalized spacial score (nSPS) is 14.4. The van der Waals surface area contributed by atoms with Crippen molar-refractivity contribution < 1.29 is 0 Å². The molecule has 1 heterocycles. The second kappa shape index (κ2) is 5.36. The average Bonchev–Trinajstić information content (AvgIpc) is 2.80. The highest BCUT2D eigenvalue weighted by Gasteiger charge is 2.12. The van der Waals surface area contributed by atoms with Crippen LogP contribution in [0.2, 0.25) is 0 Å². The minimum atomic E-state index is 0.291. The maximum absolute atomic E-state index is 3.99. The van der Waals surface area contributed by atoms with E-state index in [0.717, 1.165) is 0 Å². The quantitative estimate of drug-likeness (QED) is 0.863. The molecule has 96 valence electrons. The Hall–Kier alpha value is -1.61. The molecular weight excluding hydrogens is 222 g/mol. The highest BCUT2D eigenvalue weighted by Crippen LogP contribution is 2.20. The van der Waals surface area contributed by atoms with Crippen LogP contribution in [0, 0.1) is 13.8 Å². The fourth-order valence-electron chi connectivity index (χ4n) is 2.33. The van der Waals surface area contributed by atoms with Gasteiger partial charge in [-0.3, -0.25) is 5.10 Å². The molecule has 0 saturated heterocycles. The minimum absolute atomic E-state index is 0.291. The summed E-state index contributed by atoms with van der Waals surface area (Å²) in [5.41, 5.74) is 5.15. The zero-order chi connectivity index (χ0) is 13.1. The number of hydrogen-bond donors (Lipinski definition) is 2. The van der Waals surface area contributed by atoms with E-state index in [1.54, 1.807) is 0 Å². The standard InChI is InChI=1S/C15H21N3/c1-10-5-11(2)7-14(6-10)12(3)18-13(4)15-8-16-17-9-15/h5-9,12-13,18H,1-4H3,(H,16,17). The maximum atomic E-state index is 3.99. The number of aromatic amines is 1. The van der Waals surface area contributed by atoms with E-state index in [-0.39, 0.29) is 0 Å². The summed E-state index contributed by atoms with van der Waals surface area (Å²) in [5, 5.41) is 10.4.